The number of para-hydroxylation sites is 4. The van der Waals surface area contributed by atoms with E-state index < -0.39 is 0 Å². The summed E-state index contributed by atoms with van der Waals surface area (Å²) in [5.74, 6) is 0. The fraction of sp³-hybridized carbons (Fsp3) is 0. The highest BCUT2D eigenvalue weighted by Crippen LogP contribution is 2.42. The minimum atomic E-state index is 1.21. The van der Waals surface area contributed by atoms with Crippen molar-refractivity contribution in [2.24, 2.45) is 0 Å². The average Bonchev–Trinajstić information content (AvgIpc) is 3.61. The van der Waals surface area contributed by atoms with Crippen molar-refractivity contribution in [3.8, 4) is 11.4 Å². The third-order valence-corrected chi connectivity index (χ3v) is 9.48. The lowest BCUT2D eigenvalue weighted by molar-refractivity contribution is 1.20. The van der Waals surface area contributed by atoms with Gasteiger partial charge < -0.3 is 9.13 Å². The first-order chi connectivity index (χ1) is 21.9. The lowest BCUT2D eigenvalue weighted by atomic mass is 9.94. The summed E-state index contributed by atoms with van der Waals surface area (Å²) in [5.41, 5.74) is 7.32. The second-order valence-electron chi connectivity index (χ2n) is 11.7. The Hall–Kier alpha value is -5.86. The summed E-state index contributed by atoms with van der Waals surface area (Å²) in [6.07, 6.45) is 0. The maximum Gasteiger partial charge on any atom is 0.0547 e. The normalized spacial score (nSPS) is 12.1. The van der Waals surface area contributed by atoms with Crippen molar-refractivity contribution in [1.82, 2.24) is 9.13 Å². The minimum Gasteiger partial charge on any atom is -0.309 e. The lowest BCUT2D eigenvalue weighted by Gasteiger charge is -2.18. The van der Waals surface area contributed by atoms with Gasteiger partial charge in [-0.05, 0) is 57.9 Å². The molecule has 10 rings (SSSR count). The first kappa shape index (κ1) is 23.7. The van der Waals surface area contributed by atoms with Crippen molar-refractivity contribution in [1.29, 1.82) is 0 Å². The van der Waals surface area contributed by atoms with Gasteiger partial charge in [-0.2, -0.15) is 0 Å². The van der Waals surface area contributed by atoms with Crippen LogP contribution in [-0.4, -0.2) is 9.13 Å². The van der Waals surface area contributed by atoms with Crippen LogP contribution in [0.5, 0.6) is 0 Å². The summed E-state index contributed by atoms with van der Waals surface area (Å²) in [6.45, 7) is 0. The van der Waals surface area contributed by atoms with Crippen LogP contribution in [0, 0.1) is 0 Å². The second-order valence-corrected chi connectivity index (χ2v) is 11.7. The number of fused-ring (bicyclic) bond motifs is 11. The van der Waals surface area contributed by atoms with E-state index in [1.807, 2.05) is 0 Å². The number of benzene rings is 8. The summed E-state index contributed by atoms with van der Waals surface area (Å²) in [6, 6.07) is 57.8. The zero-order valence-electron chi connectivity index (χ0n) is 23.9. The van der Waals surface area contributed by atoms with Crippen molar-refractivity contribution in [2.45, 2.75) is 0 Å². The molecule has 10 aromatic rings. The van der Waals surface area contributed by atoms with E-state index in [-0.39, 0.29) is 0 Å². The van der Waals surface area contributed by atoms with Gasteiger partial charge in [-0.3, -0.25) is 0 Å². The fourth-order valence-corrected chi connectivity index (χ4v) is 7.65. The number of hydrogen-bond donors (Lipinski definition) is 0. The van der Waals surface area contributed by atoms with Crippen LogP contribution in [0.4, 0.5) is 0 Å². The molecule has 0 fully saturated rings. The van der Waals surface area contributed by atoms with Crippen LogP contribution in [0.15, 0.2) is 158 Å². The molecule has 0 N–H and O–H groups in total. The first-order valence-corrected chi connectivity index (χ1v) is 15.2. The van der Waals surface area contributed by atoms with Gasteiger partial charge in [-0.1, -0.05) is 121 Å². The van der Waals surface area contributed by atoms with E-state index in [0.717, 1.165) is 0 Å². The van der Waals surface area contributed by atoms with Gasteiger partial charge in [-0.25, -0.2) is 0 Å². The first-order valence-electron chi connectivity index (χ1n) is 15.2. The Labute approximate surface area is 253 Å². The van der Waals surface area contributed by atoms with Crippen molar-refractivity contribution in [3.05, 3.63) is 158 Å². The second kappa shape index (κ2) is 8.82. The Balaban J connectivity index is 1.40. The third-order valence-electron chi connectivity index (χ3n) is 9.48. The van der Waals surface area contributed by atoms with E-state index in [0.29, 0.717) is 0 Å². The number of hydrogen-bond acceptors (Lipinski definition) is 0. The van der Waals surface area contributed by atoms with E-state index in [4.69, 9.17) is 0 Å². The molecular weight excluding hydrogens is 532 g/mol. The van der Waals surface area contributed by atoms with E-state index >= 15 is 0 Å². The van der Waals surface area contributed by atoms with Gasteiger partial charge in [0, 0.05) is 32.3 Å². The zero-order valence-corrected chi connectivity index (χ0v) is 23.9. The molecule has 0 spiro atoms. The summed E-state index contributed by atoms with van der Waals surface area (Å²) >= 11 is 0. The molecular formula is C42H26N2. The number of nitrogens with zero attached hydrogens (tertiary/aromatic N) is 2. The van der Waals surface area contributed by atoms with Crippen LogP contribution in [0.2, 0.25) is 0 Å². The Morgan fingerprint density at radius 1 is 0.227 bits per heavy atom. The molecule has 204 valence electrons. The third kappa shape index (κ3) is 3.09. The molecule has 2 nitrogen and oxygen atoms in total. The zero-order chi connectivity index (χ0) is 28.8. The predicted octanol–water partition coefficient (Wildman–Crippen LogP) is 11.3. The smallest absolute Gasteiger partial charge is 0.0547 e. The largest absolute Gasteiger partial charge is 0.309 e. The van der Waals surface area contributed by atoms with Gasteiger partial charge in [0.15, 0.2) is 0 Å². The standard InChI is InChI=1S/C42H26N2/c1-3-15-29-27(13-1)35-25-42(44-39-23-11-7-19-33(39)34-20-8-12-24-40(34)44)30-16-4-2-14-28(30)36(35)26-41(29)43-37-21-9-5-17-31(37)32-18-6-10-22-38(32)43/h1-26H. The lowest BCUT2D eigenvalue weighted by Crippen LogP contribution is -1.99. The van der Waals surface area contributed by atoms with Crippen LogP contribution < -0.4 is 0 Å². The maximum atomic E-state index is 2.46. The van der Waals surface area contributed by atoms with Crippen molar-refractivity contribution in [2.75, 3.05) is 0 Å². The van der Waals surface area contributed by atoms with Crippen LogP contribution in [-0.2, 0) is 0 Å². The Kier molecular flexibility index (Phi) is 4.75. The maximum absolute atomic E-state index is 2.46. The highest BCUT2D eigenvalue weighted by Gasteiger charge is 2.19. The Morgan fingerprint density at radius 3 is 0.795 bits per heavy atom. The summed E-state index contributed by atoms with van der Waals surface area (Å²) in [5, 5.41) is 12.6. The van der Waals surface area contributed by atoms with E-state index in [2.05, 4.69) is 167 Å². The van der Waals surface area contributed by atoms with Gasteiger partial charge in [0.25, 0.3) is 0 Å². The molecule has 0 aliphatic rings. The molecule has 0 saturated carbocycles. The van der Waals surface area contributed by atoms with Gasteiger partial charge >= 0.3 is 0 Å². The molecule has 0 aliphatic heterocycles. The minimum absolute atomic E-state index is 1.21. The van der Waals surface area contributed by atoms with Gasteiger partial charge in [0.05, 0.1) is 33.4 Å². The Bertz CT molecular complexity index is 2480. The van der Waals surface area contributed by atoms with Crippen molar-refractivity contribution < 1.29 is 0 Å². The summed E-state index contributed by atoms with van der Waals surface area (Å²) < 4.78 is 4.92. The fourth-order valence-electron chi connectivity index (χ4n) is 7.65. The number of rotatable bonds is 2. The van der Waals surface area contributed by atoms with E-state index in [1.54, 1.807) is 0 Å². The molecule has 0 saturated heterocycles. The molecule has 0 radical (unpaired) electrons. The van der Waals surface area contributed by atoms with Crippen LogP contribution in [0.25, 0.3) is 87.3 Å². The molecule has 8 aromatic carbocycles. The van der Waals surface area contributed by atoms with E-state index in [9.17, 15) is 0 Å². The molecule has 2 heterocycles. The monoisotopic (exact) mass is 558 g/mol. The van der Waals surface area contributed by atoms with E-state index in [1.165, 1.54) is 87.3 Å². The number of aromatic nitrogens is 2. The summed E-state index contributed by atoms with van der Waals surface area (Å²) in [4.78, 5) is 0. The molecule has 0 aliphatic carbocycles. The molecule has 0 unspecified atom stereocenters. The highest BCUT2D eigenvalue weighted by molar-refractivity contribution is 6.23. The van der Waals surface area contributed by atoms with Gasteiger partial charge in [-0.15, -0.1) is 0 Å². The molecule has 44 heavy (non-hydrogen) atoms. The van der Waals surface area contributed by atoms with Crippen molar-refractivity contribution in [3.63, 3.8) is 0 Å². The molecule has 2 heteroatoms. The quantitative estimate of drug-likeness (QED) is 0.187. The molecule has 2 aromatic heterocycles. The molecule has 0 atom stereocenters. The predicted molar refractivity (Wildman–Crippen MR) is 188 cm³/mol. The van der Waals surface area contributed by atoms with Gasteiger partial charge in [0.1, 0.15) is 0 Å². The summed E-state index contributed by atoms with van der Waals surface area (Å²) in [7, 11) is 0. The average molecular weight is 559 g/mol. The van der Waals surface area contributed by atoms with Gasteiger partial charge in [0.2, 0.25) is 0 Å². The van der Waals surface area contributed by atoms with Crippen LogP contribution >= 0.6 is 0 Å². The molecule has 0 amide bonds. The topological polar surface area (TPSA) is 9.86 Å². The Morgan fingerprint density at radius 2 is 0.477 bits per heavy atom. The SMILES string of the molecule is c1ccc2c(c1)c(-n1c3ccccc3c3ccccc31)cc1c3ccccc3c(-n3c4ccccc4c4ccccc43)cc21. The highest BCUT2D eigenvalue weighted by atomic mass is 15.0. The molecule has 0 bridgehead atoms. The van der Waals surface area contributed by atoms with Crippen LogP contribution in [0.3, 0.4) is 0 Å². The van der Waals surface area contributed by atoms with Crippen LogP contribution in [0.1, 0.15) is 0 Å². The van der Waals surface area contributed by atoms with Crippen molar-refractivity contribution >= 4 is 75.9 Å².